The summed E-state index contributed by atoms with van der Waals surface area (Å²) in [4.78, 5) is 0. The van der Waals surface area contributed by atoms with Crippen molar-refractivity contribution in [2.45, 2.75) is 12.2 Å². The maximum atomic E-state index is 8.82. The molecule has 4 nitrogen and oxygen atoms in total. The Hall–Kier alpha value is -1.26. The Bertz CT molecular complexity index is 359. The second-order valence-corrected chi connectivity index (χ2v) is 3.29. The average Bonchev–Trinajstić information content (AvgIpc) is 2.28. The van der Waals surface area contributed by atoms with E-state index < -0.39 is 12.2 Å². The van der Waals surface area contributed by atoms with Gasteiger partial charge in [-0.15, -0.1) is 0 Å². The molecule has 0 aromatic rings. The molecular formula is C12H14CuN2O2. The summed E-state index contributed by atoms with van der Waals surface area (Å²) in [5.74, 6) is 0. The van der Waals surface area contributed by atoms with Crippen molar-refractivity contribution in [2.75, 3.05) is 0 Å². The largest absolute Gasteiger partial charge is 0.383 e. The first-order valence-electron chi connectivity index (χ1n) is 4.84. The number of rotatable bonds is 0. The molecule has 4 N–H and O–H groups in total. The molecule has 0 aromatic heterocycles. The predicted molar refractivity (Wildman–Crippen MR) is 64.0 cm³/mol. The molecule has 0 bridgehead atoms. The van der Waals surface area contributed by atoms with Crippen molar-refractivity contribution in [3.63, 3.8) is 0 Å². The molecule has 0 aromatic carbocycles. The molecular weight excluding hydrogens is 268 g/mol. The fourth-order valence-corrected chi connectivity index (χ4v) is 1.06. The van der Waals surface area contributed by atoms with Crippen LogP contribution in [0.25, 0.3) is 0 Å². The molecule has 2 aliphatic rings. The predicted octanol–water partition coefficient (Wildman–Crippen LogP) is 0.984. The van der Waals surface area contributed by atoms with Crippen LogP contribution < -0.4 is 0 Å². The minimum absolute atomic E-state index is 0. The molecule has 2 atom stereocenters. The fraction of sp³-hybridized carbons (Fsp3) is 0.167. The Labute approximate surface area is 111 Å². The number of hydrogen-bond donors (Lipinski definition) is 4. The number of aliphatic hydroxyl groups is 2. The Morgan fingerprint density at radius 3 is 1.29 bits per heavy atom. The van der Waals surface area contributed by atoms with Crippen LogP contribution in [0.5, 0.6) is 0 Å². The molecule has 0 saturated carbocycles. The van der Waals surface area contributed by atoms with Crippen LogP contribution in [-0.4, -0.2) is 33.8 Å². The van der Waals surface area contributed by atoms with E-state index in [9.17, 15) is 0 Å². The normalized spacial score (nSPS) is 25.1. The summed E-state index contributed by atoms with van der Waals surface area (Å²) in [6.07, 6.45) is 11.8. The van der Waals surface area contributed by atoms with E-state index in [0.717, 1.165) is 0 Å². The molecule has 0 heterocycles. The third-order valence-electron chi connectivity index (χ3n) is 2.00. The van der Waals surface area contributed by atoms with Gasteiger partial charge in [0.1, 0.15) is 12.2 Å². The summed E-state index contributed by atoms with van der Waals surface area (Å²) in [5, 5.41) is 31.6. The first-order valence-corrected chi connectivity index (χ1v) is 4.84. The van der Waals surface area contributed by atoms with E-state index in [1.165, 1.54) is 0 Å². The first kappa shape index (κ1) is 15.7. The molecule has 2 rings (SSSR count). The van der Waals surface area contributed by atoms with E-state index in [1.54, 1.807) is 48.6 Å². The van der Waals surface area contributed by atoms with Crippen LogP contribution in [0.3, 0.4) is 0 Å². The van der Waals surface area contributed by atoms with Crippen molar-refractivity contribution < 1.29 is 27.3 Å². The van der Waals surface area contributed by atoms with Crippen LogP contribution in [0.2, 0.25) is 0 Å². The quantitative estimate of drug-likeness (QED) is 0.499. The average molecular weight is 282 g/mol. The summed E-state index contributed by atoms with van der Waals surface area (Å²) < 4.78 is 0. The Kier molecular flexibility index (Phi) is 7.34. The van der Waals surface area contributed by atoms with Gasteiger partial charge in [-0.1, -0.05) is 36.5 Å². The van der Waals surface area contributed by atoms with Gasteiger partial charge >= 0.3 is 0 Å². The molecule has 5 heteroatoms. The van der Waals surface area contributed by atoms with Gasteiger partial charge in [-0.3, -0.25) is 0 Å². The summed E-state index contributed by atoms with van der Waals surface area (Å²) >= 11 is 0. The molecule has 0 aliphatic heterocycles. The second kappa shape index (κ2) is 7.92. The maximum absolute atomic E-state index is 8.82. The molecule has 95 valence electrons. The number of hydrogen-bond acceptors (Lipinski definition) is 4. The van der Waals surface area contributed by atoms with Crippen molar-refractivity contribution in [2.24, 2.45) is 0 Å². The smallest absolute Gasteiger partial charge is 0.114 e. The van der Waals surface area contributed by atoms with Crippen molar-refractivity contribution >= 4 is 11.4 Å². The van der Waals surface area contributed by atoms with Crippen molar-refractivity contribution in [1.82, 2.24) is 0 Å². The number of aliphatic hydroxyl groups excluding tert-OH is 2. The van der Waals surface area contributed by atoms with Gasteiger partial charge in [0.05, 0.1) is 11.4 Å². The van der Waals surface area contributed by atoms with E-state index in [1.807, 2.05) is 0 Å². The van der Waals surface area contributed by atoms with Gasteiger partial charge in [0.2, 0.25) is 0 Å². The molecule has 0 saturated heterocycles. The first-order chi connectivity index (χ1) is 7.61. The molecule has 0 amide bonds. The topological polar surface area (TPSA) is 88.2 Å². The van der Waals surface area contributed by atoms with Crippen LogP contribution in [0.15, 0.2) is 48.6 Å². The van der Waals surface area contributed by atoms with Gasteiger partial charge < -0.3 is 21.0 Å². The van der Waals surface area contributed by atoms with Gasteiger partial charge in [-0.25, -0.2) is 0 Å². The molecule has 0 fully saturated rings. The van der Waals surface area contributed by atoms with Crippen molar-refractivity contribution in [1.29, 1.82) is 10.8 Å². The molecule has 0 spiro atoms. The fourth-order valence-electron chi connectivity index (χ4n) is 1.06. The number of allylic oxidation sites excluding steroid dienone is 4. The molecule has 1 radical (unpaired) electrons. The summed E-state index contributed by atoms with van der Waals surface area (Å²) in [6, 6.07) is 0. The van der Waals surface area contributed by atoms with Crippen LogP contribution in [0, 0.1) is 10.8 Å². The van der Waals surface area contributed by atoms with Crippen LogP contribution in [0.1, 0.15) is 0 Å². The van der Waals surface area contributed by atoms with Gasteiger partial charge in [0, 0.05) is 17.1 Å². The Morgan fingerprint density at radius 1 is 0.765 bits per heavy atom. The Balaban J connectivity index is 0.000000284. The van der Waals surface area contributed by atoms with E-state index in [2.05, 4.69) is 0 Å². The van der Waals surface area contributed by atoms with E-state index in [0.29, 0.717) is 0 Å². The zero-order valence-electron chi connectivity index (χ0n) is 8.97. The summed E-state index contributed by atoms with van der Waals surface area (Å²) in [6.45, 7) is 0. The molecule has 2 unspecified atom stereocenters. The third kappa shape index (κ3) is 5.56. The van der Waals surface area contributed by atoms with E-state index in [4.69, 9.17) is 21.0 Å². The minimum atomic E-state index is -0.681. The van der Waals surface area contributed by atoms with Gasteiger partial charge in [0.25, 0.3) is 0 Å². The second-order valence-electron chi connectivity index (χ2n) is 3.29. The maximum Gasteiger partial charge on any atom is 0.114 e. The minimum Gasteiger partial charge on any atom is -0.383 e. The van der Waals surface area contributed by atoms with E-state index in [-0.39, 0.29) is 28.5 Å². The van der Waals surface area contributed by atoms with Gasteiger partial charge in [0.15, 0.2) is 0 Å². The SMILES string of the molecule is N=C1C=CC=CC1O.N=C1C=CC=CC1O.[Cu]. The zero-order valence-corrected chi connectivity index (χ0v) is 9.91. The third-order valence-corrected chi connectivity index (χ3v) is 2.00. The van der Waals surface area contributed by atoms with Gasteiger partial charge in [-0.05, 0) is 12.2 Å². The van der Waals surface area contributed by atoms with Crippen LogP contribution >= 0.6 is 0 Å². The summed E-state index contributed by atoms with van der Waals surface area (Å²) in [5.41, 5.74) is 0.514. The van der Waals surface area contributed by atoms with E-state index >= 15 is 0 Å². The zero-order chi connectivity index (χ0) is 12.0. The van der Waals surface area contributed by atoms with Crippen LogP contribution in [0.4, 0.5) is 0 Å². The van der Waals surface area contributed by atoms with Gasteiger partial charge in [-0.2, -0.15) is 0 Å². The monoisotopic (exact) mass is 281 g/mol. The van der Waals surface area contributed by atoms with Crippen LogP contribution in [-0.2, 0) is 17.1 Å². The van der Waals surface area contributed by atoms with Crippen molar-refractivity contribution in [3.8, 4) is 0 Å². The standard InChI is InChI=1S/2C6H7NO.Cu/c2*7-5-3-1-2-4-6(5)8;/h2*1-4,6-8H;. The molecule has 2 aliphatic carbocycles. The molecule has 17 heavy (non-hydrogen) atoms. The number of nitrogens with one attached hydrogen (secondary N) is 2. The Morgan fingerprint density at radius 2 is 1.12 bits per heavy atom. The summed E-state index contributed by atoms with van der Waals surface area (Å²) in [7, 11) is 0. The van der Waals surface area contributed by atoms with Crippen molar-refractivity contribution in [3.05, 3.63) is 48.6 Å².